The van der Waals surface area contributed by atoms with E-state index in [0.717, 1.165) is 32.1 Å². The summed E-state index contributed by atoms with van der Waals surface area (Å²) in [6, 6.07) is 5.10. The van der Waals surface area contributed by atoms with Crippen molar-refractivity contribution in [2.24, 2.45) is 21.5 Å². The predicted octanol–water partition coefficient (Wildman–Crippen LogP) is 1.96. The number of anilines is 1. The minimum Gasteiger partial charge on any atom is -0.369 e. The first-order chi connectivity index (χ1) is 11.2. The molecule has 1 saturated carbocycles. The average Bonchev–Trinajstić information content (AvgIpc) is 2.47. The van der Waals surface area contributed by atoms with Gasteiger partial charge >= 0.3 is 0 Å². The third-order valence-electron chi connectivity index (χ3n) is 4.41. The van der Waals surface area contributed by atoms with Gasteiger partial charge in [-0.2, -0.15) is 4.99 Å². The van der Waals surface area contributed by atoms with Crippen LogP contribution in [0.2, 0.25) is 0 Å². The van der Waals surface area contributed by atoms with Gasteiger partial charge in [-0.3, -0.25) is 4.90 Å². The van der Waals surface area contributed by atoms with Crippen LogP contribution in [0.1, 0.15) is 32.1 Å². The van der Waals surface area contributed by atoms with E-state index in [-0.39, 0.29) is 16.8 Å². The van der Waals surface area contributed by atoms with Crippen molar-refractivity contribution in [3.05, 3.63) is 22.7 Å². The molecule has 0 radical (unpaired) electrons. The maximum Gasteiger partial charge on any atom is 0.220 e. The summed E-state index contributed by atoms with van der Waals surface area (Å²) in [5.41, 5.74) is 11.8. The van der Waals surface area contributed by atoms with E-state index < -0.39 is 15.5 Å². The van der Waals surface area contributed by atoms with Crippen LogP contribution in [0, 0.1) is 0 Å². The lowest BCUT2D eigenvalue weighted by Crippen LogP contribution is -2.58. The van der Waals surface area contributed by atoms with Gasteiger partial charge in [0.2, 0.25) is 11.9 Å². The largest absolute Gasteiger partial charge is 0.369 e. The number of nitrogens with two attached hydrogens (primary N) is 2. The van der Waals surface area contributed by atoms with Gasteiger partial charge in [0, 0.05) is 10.7 Å². The highest BCUT2D eigenvalue weighted by atomic mass is 79.9. The minimum absolute atomic E-state index is 0.142. The van der Waals surface area contributed by atoms with Crippen LogP contribution in [0.25, 0.3) is 0 Å². The maximum atomic E-state index is 12.3. The van der Waals surface area contributed by atoms with E-state index >= 15 is 0 Å². The Balaban J connectivity index is 2.22. The molecule has 0 unspecified atom stereocenters. The fourth-order valence-electron chi connectivity index (χ4n) is 3.44. The summed E-state index contributed by atoms with van der Waals surface area (Å²) in [4.78, 5) is 10.6. The quantitative estimate of drug-likeness (QED) is 0.768. The Morgan fingerprint density at radius 1 is 1.21 bits per heavy atom. The molecule has 2 aliphatic rings. The highest BCUT2D eigenvalue weighted by Crippen LogP contribution is 2.42. The Morgan fingerprint density at radius 3 is 2.50 bits per heavy atom. The molecule has 7 nitrogen and oxygen atoms in total. The second-order valence-electron chi connectivity index (χ2n) is 6.20. The number of guanidine groups is 2. The van der Waals surface area contributed by atoms with Crippen LogP contribution in [-0.4, -0.2) is 32.3 Å². The number of hydrogen-bond donors (Lipinski definition) is 2. The Morgan fingerprint density at radius 2 is 1.88 bits per heavy atom. The lowest BCUT2D eigenvalue weighted by Gasteiger charge is -2.46. The molecule has 1 aromatic carbocycles. The molecule has 0 atom stereocenters. The van der Waals surface area contributed by atoms with Gasteiger partial charge in [0.1, 0.15) is 5.66 Å². The lowest BCUT2D eigenvalue weighted by molar-refractivity contribution is 0.305. The van der Waals surface area contributed by atoms with E-state index in [4.69, 9.17) is 11.5 Å². The van der Waals surface area contributed by atoms with Gasteiger partial charge in [0.15, 0.2) is 9.84 Å². The standard InChI is InChI=1S/C15H20BrN5O2S/c1-24(22,23)12-9-10(16)5-6-11(12)21-14(18)19-13(17)20-15(21)7-3-2-4-8-15/h5-6,9H,2-4,7-8H2,1H3,(H4,17,18,19,20). The minimum atomic E-state index is -3.46. The number of halogens is 1. The number of benzene rings is 1. The third-order valence-corrected chi connectivity index (χ3v) is 6.03. The van der Waals surface area contributed by atoms with Gasteiger partial charge in [0.05, 0.1) is 10.6 Å². The Bertz CT molecular complexity index is 828. The van der Waals surface area contributed by atoms with Gasteiger partial charge in [-0.15, -0.1) is 0 Å². The van der Waals surface area contributed by atoms with Crippen LogP contribution < -0.4 is 16.4 Å². The SMILES string of the molecule is CS(=O)(=O)c1cc(Br)ccc1N1C(N)=NC(N)=NC12CCCCC2. The number of sulfone groups is 1. The summed E-state index contributed by atoms with van der Waals surface area (Å²) in [6.45, 7) is 0. The van der Waals surface area contributed by atoms with Crippen LogP contribution in [0.3, 0.4) is 0 Å². The summed E-state index contributed by atoms with van der Waals surface area (Å²) in [5.74, 6) is 0.320. The monoisotopic (exact) mass is 413 g/mol. The first kappa shape index (κ1) is 17.2. The van der Waals surface area contributed by atoms with Crippen molar-refractivity contribution in [3.8, 4) is 0 Å². The summed E-state index contributed by atoms with van der Waals surface area (Å²) >= 11 is 3.33. The van der Waals surface area contributed by atoms with Crippen molar-refractivity contribution in [1.29, 1.82) is 0 Å². The third kappa shape index (κ3) is 3.02. The number of rotatable bonds is 2. The molecule has 3 rings (SSSR count). The summed E-state index contributed by atoms with van der Waals surface area (Å²) < 4.78 is 25.3. The molecule has 24 heavy (non-hydrogen) atoms. The Labute approximate surface area is 149 Å². The van der Waals surface area contributed by atoms with Gasteiger partial charge in [-0.25, -0.2) is 13.4 Å². The Kier molecular flexibility index (Phi) is 4.33. The topological polar surface area (TPSA) is 114 Å². The number of nitrogens with zero attached hydrogens (tertiary/aromatic N) is 3. The molecule has 1 heterocycles. The molecule has 1 aliphatic heterocycles. The zero-order valence-electron chi connectivity index (χ0n) is 13.4. The second kappa shape index (κ2) is 6.03. The van der Waals surface area contributed by atoms with Crippen molar-refractivity contribution in [1.82, 2.24) is 0 Å². The second-order valence-corrected chi connectivity index (χ2v) is 9.10. The molecule has 9 heteroatoms. The van der Waals surface area contributed by atoms with Gasteiger partial charge < -0.3 is 11.5 Å². The molecule has 130 valence electrons. The van der Waals surface area contributed by atoms with E-state index in [1.807, 2.05) is 0 Å². The number of aliphatic imine (C=N–C) groups is 2. The molecular formula is C15H20BrN5O2S. The molecule has 1 fully saturated rings. The van der Waals surface area contributed by atoms with Gasteiger partial charge in [-0.1, -0.05) is 22.4 Å². The van der Waals surface area contributed by atoms with Gasteiger partial charge in [0.25, 0.3) is 0 Å². The van der Waals surface area contributed by atoms with Crippen LogP contribution >= 0.6 is 15.9 Å². The first-order valence-corrected chi connectivity index (χ1v) is 10.4. The van der Waals surface area contributed by atoms with E-state index in [1.165, 1.54) is 6.26 Å². The van der Waals surface area contributed by atoms with Crippen molar-refractivity contribution in [2.45, 2.75) is 42.7 Å². The summed E-state index contributed by atoms with van der Waals surface area (Å²) in [6.07, 6.45) is 5.75. The normalized spacial score (nSPS) is 20.7. The van der Waals surface area contributed by atoms with E-state index in [9.17, 15) is 8.42 Å². The van der Waals surface area contributed by atoms with Crippen LogP contribution in [-0.2, 0) is 9.84 Å². The van der Waals surface area contributed by atoms with Crippen molar-refractivity contribution in [2.75, 3.05) is 11.2 Å². The maximum absolute atomic E-state index is 12.3. The highest BCUT2D eigenvalue weighted by molar-refractivity contribution is 9.10. The van der Waals surface area contributed by atoms with Crippen LogP contribution in [0.15, 0.2) is 37.6 Å². The van der Waals surface area contributed by atoms with E-state index in [0.29, 0.717) is 10.2 Å². The van der Waals surface area contributed by atoms with Crippen LogP contribution in [0.4, 0.5) is 5.69 Å². The van der Waals surface area contributed by atoms with Gasteiger partial charge in [-0.05, 0) is 43.9 Å². The van der Waals surface area contributed by atoms with E-state index in [1.54, 1.807) is 23.1 Å². The zero-order chi connectivity index (χ0) is 17.5. The van der Waals surface area contributed by atoms with E-state index in [2.05, 4.69) is 25.9 Å². The smallest absolute Gasteiger partial charge is 0.220 e. The lowest BCUT2D eigenvalue weighted by atomic mass is 9.87. The van der Waals surface area contributed by atoms with Crippen molar-refractivity contribution < 1.29 is 8.42 Å². The average molecular weight is 414 g/mol. The first-order valence-electron chi connectivity index (χ1n) is 7.72. The van der Waals surface area contributed by atoms with Crippen molar-refractivity contribution in [3.63, 3.8) is 0 Å². The molecule has 1 spiro atoms. The fraction of sp³-hybridized carbons (Fsp3) is 0.467. The molecule has 1 aromatic rings. The Hall–Kier alpha value is -1.61. The predicted molar refractivity (Wildman–Crippen MR) is 98.8 cm³/mol. The molecule has 0 bridgehead atoms. The van der Waals surface area contributed by atoms with Crippen molar-refractivity contribution >= 4 is 43.4 Å². The molecule has 1 aliphatic carbocycles. The molecule has 0 amide bonds. The number of hydrogen-bond acceptors (Lipinski definition) is 7. The van der Waals surface area contributed by atoms with Crippen LogP contribution in [0.5, 0.6) is 0 Å². The molecule has 0 aromatic heterocycles. The molecule has 4 N–H and O–H groups in total. The summed E-state index contributed by atoms with van der Waals surface area (Å²) in [7, 11) is -3.46. The fourth-order valence-corrected chi connectivity index (χ4v) is 4.83. The molecule has 0 saturated heterocycles. The highest BCUT2D eigenvalue weighted by Gasteiger charge is 2.43. The zero-order valence-corrected chi connectivity index (χ0v) is 15.8. The summed E-state index contributed by atoms with van der Waals surface area (Å²) in [5, 5.41) is 0. The molecular weight excluding hydrogens is 394 g/mol.